The number of carbonyl (C=O) groups excluding carboxylic acids is 1. The average Bonchev–Trinajstić information content (AvgIpc) is 2.90. The van der Waals surface area contributed by atoms with Gasteiger partial charge in [0, 0.05) is 30.7 Å². The van der Waals surface area contributed by atoms with Gasteiger partial charge in [0.1, 0.15) is 5.69 Å². The van der Waals surface area contributed by atoms with E-state index in [1.54, 1.807) is 6.20 Å². The summed E-state index contributed by atoms with van der Waals surface area (Å²) in [4.78, 5) is 19.0. The van der Waals surface area contributed by atoms with Gasteiger partial charge in [0.25, 0.3) is 5.91 Å². The van der Waals surface area contributed by atoms with Crippen molar-refractivity contribution in [2.75, 3.05) is 18.4 Å². The van der Waals surface area contributed by atoms with Crippen molar-refractivity contribution < 1.29 is 4.79 Å². The highest BCUT2D eigenvalue weighted by atomic mass is 16.2. The largest absolute Gasteiger partial charge is 0.355 e. The van der Waals surface area contributed by atoms with E-state index in [2.05, 4.69) is 55.3 Å². The van der Waals surface area contributed by atoms with Crippen molar-refractivity contribution in [2.24, 2.45) is 0 Å². The van der Waals surface area contributed by atoms with Crippen molar-refractivity contribution in [1.29, 1.82) is 0 Å². The summed E-state index contributed by atoms with van der Waals surface area (Å²) in [5.74, 6) is 0.0404. The minimum absolute atomic E-state index is 0.0404. The van der Waals surface area contributed by atoms with Crippen LogP contribution < -0.4 is 5.32 Å². The third-order valence-electron chi connectivity index (χ3n) is 4.91. The molecule has 4 nitrogen and oxygen atoms in total. The maximum atomic E-state index is 12.7. The second kappa shape index (κ2) is 7.90. The zero-order chi connectivity index (χ0) is 18.6. The Hall–Kier alpha value is -2.36. The molecule has 4 heteroatoms. The summed E-state index contributed by atoms with van der Waals surface area (Å²) in [6.45, 7) is 8.30. The smallest absolute Gasteiger partial charge is 0.272 e. The van der Waals surface area contributed by atoms with Crippen molar-refractivity contribution in [1.82, 2.24) is 9.88 Å². The molecule has 0 radical (unpaired) electrons. The fourth-order valence-corrected chi connectivity index (χ4v) is 3.28. The lowest BCUT2D eigenvalue weighted by Crippen LogP contribution is -2.32. The molecule has 2 aromatic rings. The number of carbonyl (C=O) groups is 1. The Bertz CT molecular complexity index is 739. The minimum Gasteiger partial charge on any atom is -0.355 e. The number of pyridine rings is 1. The Morgan fingerprint density at radius 2 is 1.62 bits per heavy atom. The zero-order valence-electron chi connectivity index (χ0n) is 16.1. The number of rotatable bonds is 3. The van der Waals surface area contributed by atoms with Crippen LogP contribution in [0.2, 0.25) is 0 Å². The molecule has 3 rings (SSSR count). The van der Waals surface area contributed by atoms with Gasteiger partial charge in [-0.1, -0.05) is 45.7 Å². The molecule has 1 aromatic heterocycles. The van der Waals surface area contributed by atoms with Gasteiger partial charge < -0.3 is 10.2 Å². The first-order chi connectivity index (χ1) is 12.4. The van der Waals surface area contributed by atoms with E-state index in [-0.39, 0.29) is 11.3 Å². The average molecular weight is 351 g/mol. The highest BCUT2D eigenvalue weighted by Crippen LogP contribution is 2.25. The first-order valence-electron chi connectivity index (χ1n) is 9.56. The van der Waals surface area contributed by atoms with Crippen LogP contribution >= 0.6 is 0 Å². The molecule has 2 heterocycles. The number of nitrogens with one attached hydrogen (secondary N) is 1. The number of hydrogen-bond donors (Lipinski definition) is 1. The van der Waals surface area contributed by atoms with Crippen molar-refractivity contribution in [3.63, 3.8) is 0 Å². The first kappa shape index (κ1) is 18.4. The highest BCUT2D eigenvalue weighted by molar-refractivity contribution is 5.93. The van der Waals surface area contributed by atoms with Crippen LogP contribution in [0.25, 0.3) is 0 Å². The van der Waals surface area contributed by atoms with E-state index in [4.69, 9.17) is 0 Å². The molecule has 1 aliphatic heterocycles. The fraction of sp³-hybridized carbons (Fsp3) is 0.455. The van der Waals surface area contributed by atoms with Gasteiger partial charge in [0.05, 0.1) is 0 Å². The molecule has 1 saturated heterocycles. The summed E-state index contributed by atoms with van der Waals surface area (Å²) in [5, 5.41) is 3.38. The van der Waals surface area contributed by atoms with E-state index >= 15 is 0 Å². The monoisotopic (exact) mass is 351 g/mol. The van der Waals surface area contributed by atoms with Gasteiger partial charge >= 0.3 is 0 Å². The normalized spacial score (nSPS) is 15.4. The number of likely N-dealkylation sites (tertiary alicyclic amines) is 1. The van der Waals surface area contributed by atoms with Gasteiger partial charge in [-0.15, -0.1) is 0 Å². The molecule has 0 aliphatic carbocycles. The topological polar surface area (TPSA) is 45.2 Å². The Kier molecular flexibility index (Phi) is 5.60. The number of amides is 1. The Labute approximate surface area is 156 Å². The van der Waals surface area contributed by atoms with Crippen molar-refractivity contribution in [2.45, 2.75) is 51.9 Å². The Morgan fingerprint density at radius 3 is 2.23 bits per heavy atom. The van der Waals surface area contributed by atoms with Crippen molar-refractivity contribution in [3.8, 4) is 0 Å². The van der Waals surface area contributed by atoms with Crippen LogP contribution in [0.5, 0.6) is 0 Å². The lowest BCUT2D eigenvalue weighted by molar-refractivity contribution is 0.0756. The minimum atomic E-state index is 0.0404. The molecule has 0 bridgehead atoms. The molecule has 1 fully saturated rings. The maximum Gasteiger partial charge on any atom is 0.272 e. The van der Waals surface area contributed by atoms with Crippen LogP contribution in [0.3, 0.4) is 0 Å². The van der Waals surface area contributed by atoms with E-state index in [1.165, 1.54) is 18.4 Å². The molecule has 1 amide bonds. The summed E-state index contributed by atoms with van der Waals surface area (Å²) in [5.41, 5.74) is 3.86. The molecule has 0 unspecified atom stereocenters. The molecule has 1 N–H and O–H groups in total. The summed E-state index contributed by atoms with van der Waals surface area (Å²) in [7, 11) is 0. The van der Waals surface area contributed by atoms with Crippen molar-refractivity contribution >= 4 is 17.3 Å². The third kappa shape index (κ3) is 4.63. The molecule has 1 aliphatic rings. The highest BCUT2D eigenvalue weighted by Gasteiger charge is 2.18. The molecule has 26 heavy (non-hydrogen) atoms. The predicted octanol–water partition coefficient (Wildman–Crippen LogP) is 5.14. The summed E-state index contributed by atoms with van der Waals surface area (Å²) in [6, 6.07) is 12.2. The number of anilines is 2. The maximum absolute atomic E-state index is 12.7. The Balaban J connectivity index is 1.71. The molecular formula is C22H29N3O. The molecule has 138 valence electrons. The van der Waals surface area contributed by atoms with E-state index in [9.17, 15) is 4.79 Å². The van der Waals surface area contributed by atoms with Crippen LogP contribution in [0.15, 0.2) is 42.6 Å². The predicted molar refractivity (Wildman–Crippen MR) is 107 cm³/mol. The second-order valence-corrected chi connectivity index (χ2v) is 8.09. The first-order valence-corrected chi connectivity index (χ1v) is 9.56. The standard InChI is InChI=1S/C22H29N3O/c1-22(2,3)17-8-10-18(11-9-17)24-19-12-13-23-20(16-19)21(26)25-14-6-4-5-7-15-25/h8-13,16H,4-7,14-15H2,1-3H3,(H,23,24). The van der Waals surface area contributed by atoms with Crippen LogP contribution in [0, 0.1) is 0 Å². The van der Waals surface area contributed by atoms with Gasteiger partial charge in [-0.3, -0.25) is 9.78 Å². The van der Waals surface area contributed by atoms with Gasteiger partial charge in [-0.05, 0) is 48.1 Å². The number of aromatic nitrogens is 1. The van der Waals surface area contributed by atoms with Gasteiger partial charge in [0.15, 0.2) is 0 Å². The number of nitrogens with zero attached hydrogens (tertiary/aromatic N) is 2. The van der Waals surface area contributed by atoms with E-state index < -0.39 is 0 Å². The van der Waals surface area contributed by atoms with Crippen LogP contribution in [-0.2, 0) is 5.41 Å². The molecule has 0 saturated carbocycles. The van der Waals surface area contributed by atoms with E-state index in [0.717, 1.165) is 37.3 Å². The van der Waals surface area contributed by atoms with Crippen molar-refractivity contribution in [3.05, 3.63) is 53.9 Å². The molecule has 0 spiro atoms. The SMILES string of the molecule is CC(C)(C)c1ccc(Nc2ccnc(C(=O)N3CCCCCC3)c2)cc1. The van der Waals surface area contributed by atoms with Gasteiger partial charge in [-0.2, -0.15) is 0 Å². The second-order valence-electron chi connectivity index (χ2n) is 8.09. The zero-order valence-corrected chi connectivity index (χ0v) is 16.1. The molecular weight excluding hydrogens is 322 g/mol. The summed E-state index contributed by atoms with van der Waals surface area (Å²) in [6.07, 6.45) is 6.30. The third-order valence-corrected chi connectivity index (χ3v) is 4.91. The number of benzene rings is 1. The fourth-order valence-electron chi connectivity index (χ4n) is 3.28. The lowest BCUT2D eigenvalue weighted by atomic mass is 9.87. The van der Waals surface area contributed by atoms with E-state index in [1.807, 2.05) is 17.0 Å². The summed E-state index contributed by atoms with van der Waals surface area (Å²) >= 11 is 0. The lowest BCUT2D eigenvalue weighted by Gasteiger charge is -2.20. The van der Waals surface area contributed by atoms with Crippen LogP contribution in [0.1, 0.15) is 62.5 Å². The van der Waals surface area contributed by atoms with Crippen LogP contribution in [-0.4, -0.2) is 28.9 Å². The van der Waals surface area contributed by atoms with E-state index in [0.29, 0.717) is 5.69 Å². The summed E-state index contributed by atoms with van der Waals surface area (Å²) < 4.78 is 0. The molecule has 1 aromatic carbocycles. The van der Waals surface area contributed by atoms with Gasteiger partial charge in [0.2, 0.25) is 0 Å². The molecule has 0 atom stereocenters. The number of hydrogen-bond acceptors (Lipinski definition) is 3. The van der Waals surface area contributed by atoms with Gasteiger partial charge in [-0.25, -0.2) is 0 Å². The quantitative estimate of drug-likeness (QED) is 0.833. The Morgan fingerprint density at radius 1 is 0.962 bits per heavy atom. The van der Waals surface area contributed by atoms with Crippen LogP contribution in [0.4, 0.5) is 11.4 Å².